The summed E-state index contributed by atoms with van der Waals surface area (Å²) in [6.07, 6.45) is 0.915. The van der Waals surface area contributed by atoms with Crippen LogP contribution in [0.3, 0.4) is 0 Å². The third-order valence-electron chi connectivity index (χ3n) is 4.64. The average Bonchev–Trinajstić information content (AvgIpc) is 2.53. The Labute approximate surface area is 159 Å². The number of aliphatic carboxylic acids is 1. The molecule has 1 saturated carbocycles. The van der Waals surface area contributed by atoms with E-state index in [4.69, 9.17) is 21.4 Å². The Balaban J connectivity index is 1.88. The van der Waals surface area contributed by atoms with Gasteiger partial charge in [0.2, 0.25) is 0 Å². The van der Waals surface area contributed by atoms with Gasteiger partial charge in [-0.05, 0) is 43.5 Å². The predicted molar refractivity (Wildman–Crippen MR) is 101 cm³/mol. The van der Waals surface area contributed by atoms with Crippen LogP contribution < -0.4 is 10.1 Å². The first-order chi connectivity index (χ1) is 12.3. The molecule has 1 atom stereocenters. The highest BCUT2D eigenvalue weighted by Crippen LogP contribution is 2.26. The number of benzene rings is 1. The molecular formula is C19H27ClN2O4. The van der Waals surface area contributed by atoms with E-state index in [0.29, 0.717) is 17.3 Å². The molecular weight excluding hydrogens is 356 g/mol. The molecule has 7 heteroatoms. The Hall–Kier alpha value is -1.79. The summed E-state index contributed by atoms with van der Waals surface area (Å²) in [7, 11) is 0. The topological polar surface area (TPSA) is 78.9 Å². The van der Waals surface area contributed by atoms with Gasteiger partial charge in [-0.15, -0.1) is 0 Å². The molecule has 0 aliphatic heterocycles. The molecule has 1 aromatic carbocycles. The highest BCUT2D eigenvalue weighted by atomic mass is 35.5. The lowest BCUT2D eigenvalue weighted by atomic mass is 9.85. The van der Waals surface area contributed by atoms with Crippen molar-refractivity contribution in [2.24, 2.45) is 5.92 Å². The second-order valence-electron chi connectivity index (χ2n) is 7.03. The minimum absolute atomic E-state index is 0.00371. The molecule has 1 aliphatic carbocycles. The van der Waals surface area contributed by atoms with E-state index >= 15 is 0 Å². The van der Waals surface area contributed by atoms with E-state index in [1.807, 2.05) is 25.7 Å². The van der Waals surface area contributed by atoms with Gasteiger partial charge < -0.3 is 15.2 Å². The number of carboxylic acids is 1. The number of nitrogens with zero attached hydrogens (tertiary/aromatic N) is 1. The van der Waals surface area contributed by atoms with Crippen molar-refractivity contribution < 1.29 is 19.4 Å². The molecule has 144 valence electrons. The molecule has 0 radical (unpaired) electrons. The number of rotatable bonds is 9. The van der Waals surface area contributed by atoms with E-state index in [2.05, 4.69) is 5.32 Å². The molecule has 0 aromatic heterocycles. The van der Waals surface area contributed by atoms with Crippen LogP contribution in [0.2, 0.25) is 5.02 Å². The van der Waals surface area contributed by atoms with E-state index in [0.717, 1.165) is 12.8 Å². The van der Waals surface area contributed by atoms with E-state index in [-0.39, 0.29) is 30.5 Å². The first-order valence-electron chi connectivity index (χ1n) is 8.98. The zero-order chi connectivity index (χ0) is 19.3. The van der Waals surface area contributed by atoms with Crippen molar-refractivity contribution in [1.29, 1.82) is 0 Å². The van der Waals surface area contributed by atoms with E-state index in [1.54, 1.807) is 24.3 Å². The number of halogens is 1. The van der Waals surface area contributed by atoms with Crippen molar-refractivity contribution in [3.8, 4) is 5.75 Å². The van der Waals surface area contributed by atoms with Crippen LogP contribution in [0.25, 0.3) is 0 Å². The molecule has 0 saturated heterocycles. The Morgan fingerprint density at radius 3 is 2.62 bits per heavy atom. The smallest absolute Gasteiger partial charge is 0.317 e. The number of likely N-dealkylation sites (N-methyl/N-ethyl adjacent to an activating group) is 1. The Bertz CT molecular complexity index is 632. The van der Waals surface area contributed by atoms with Crippen molar-refractivity contribution >= 4 is 23.5 Å². The summed E-state index contributed by atoms with van der Waals surface area (Å²) >= 11 is 5.97. The molecule has 1 aliphatic rings. The van der Waals surface area contributed by atoms with Crippen LogP contribution in [0.15, 0.2) is 24.3 Å². The fraction of sp³-hybridized carbons (Fsp3) is 0.579. The molecule has 0 heterocycles. The number of nitrogens with one attached hydrogen (secondary N) is 1. The second kappa shape index (κ2) is 9.24. The van der Waals surface area contributed by atoms with Gasteiger partial charge in [0, 0.05) is 17.1 Å². The first-order valence-corrected chi connectivity index (χ1v) is 9.36. The molecule has 1 unspecified atom stereocenters. The van der Waals surface area contributed by atoms with Crippen molar-refractivity contribution in [3.05, 3.63) is 29.3 Å². The van der Waals surface area contributed by atoms with Gasteiger partial charge in [0.1, 0.15) is 5.75 Å². The summed E-state index contributed by atoms with van der Waals surface area (Å²) in [6, 6.07) is 7.26. The van der Waals surface area contributed by atoms with Crippen molar-refractivity contribution in [2.45, 2.75) is 51.8 Å². The second-order valence-corrected chi connectivity index (χ2v) is 7.46. The molecule has 0 spiro atoms. The van der Waals surface area contributed by atoms with Gasteiger partial charge in [-0.2, -0.15) is 0 Å². The van der Waals surface area contributed by atoms with Crippen molar-refractivity contribution in [1.82, 2.24) is 10.2 Å². The molecule has 1 aromatic rings. The summed E-state index contributed by atoms with van der Waals surface area (Å²) in [4.78, 5) is 25.4. The standard InChI is InChI=1S/C19H27ClN2O4/c1-4-22(11-17(23)24)15-9-14(10-15)21-19(25)18(12(2)3)26-16-7-5-6-13(20)8-16/h5-8,12,14-15,18H,4,9-11H2,1-3H3,(H,21,25)(H,23,24). The van der Waals surface area contributed by atoms with Crippen LogP contribution in [-0.2, 0) is 9.59 Å². The number of hydrogen-bond donors (Lipinski definition) is 2. The van der Waals surface area contributed by atoms with Crippen LogP contribution in [0.5, 0.6) is 5.75 Å². The zero-order valence-electron chi connectivity index (χ0n) is 15.4. The van der Waals surface area contributed by atoms with Crippen LogP contribution in [0, 0.1) is 5.92 Å². The Morgan fingerprint density at radius 2 is 2.08 bits per heavy atom. The minimum atomic E-state index is -0.825. The highest BCUT2D eigenvalue weighted by Gasteiger charge is 2.36. The summed E-state index contributed by atoms with van der Waals surface area (Å²) in [5.41, 5.74) is 0. The largest absolute Gasteiger partial charge is 0.480 e. The normalized spacial score (nSPS) is 20.5. The third kappa shape index (κ3) is 5.61. The molecule has 1 fully saturated rings. The molecule has 2 N–H and O–H groups in total. The SMILES string of the molecule is CCN(CC(=O)O)C1CC(NC(=O)C(Oc2cccc(Cl)c2)C(C)C)C1. The maximum Gasteiger partial charge on any atom is 0.317 e. The number of carbonyl (C=O) groups is 2. The van der Waals surface area contributed by atoms with Crippen molar-refractivity contribution in [2.75, 3.05) is 13.1 Å². The summed E-state index contributed by atoms with van der Waals surface area (Å²) in [6.45, 7) is 6.54. The van der Waals surface area contributed by atoms with Gasteiger partial charge in [0.15, 0.2) is 6.10 Å². The monoisotopic (exact) mass is 382 g/mol. The highest BCUT2D eigenvalue weighted by molar-refractivity contribution is 6.30. The lowest BCUT2D eigenvalue weighted by Gasteiger charge is -2.42. The minimum Gasteiger partial charge on any atom is -0.480 e. The van der Waals surface area contributed by atoms with Crippen LogP contribution in [0.4, 0.5) is 0 Å². The van der Waals surface area contributed by atoms with E-state index in [9.17, 15) is 9.59 Å². The summed E-state index contributed by atoms with van der Waals surface area (Å²) in [5.74, 6) is -0.403. The maximum absolute atomic E-state index is 12.6. The number of carboxylic acid groups (broad SMARTS) is 1. The predicted octanol–water partition coefficient (Wildman–Crippen LogP) is 2.80. The van der Waals surface area contributed by atoms with Gasteiger partial charge in [0.25, 0.3) is 5.91 Å². The average molecular weight is 383 g/mol. The third-order valence-corrected chi connectivity index (χ3v) is 4.88. The van der Waals surface area contributed by atoms with Gasteiger partial charge in [-0.25, -0.2) is 0 Å². The van der Waals surface area contributed by atoms with E-state index < -0.39 is 12.1 Å². The molecule has 6 nitrogen and oxygen atoms in total. The number of hydrogen-bond acceptors (Lipinski definition) is 4. The number of ether oxygens (including phenoxy) is 1. The van der Waals surface area contributed by atoms with Crippen LogP contribution in [0.1, 0.15) is 33.6 Å². The summed E-state index contributed by atoms with van der Waals surface area (Å²) in [5, 5.41) is 12.5. The Kier molecular flexibility index (Phi) is 7.29. The fourth-order valence-corrected chi connectivity index (χ4v) is 3.32. The maximum atomic E-state index is 12.6. The lowest BCUT2D eigenvalue weighted by molar-refractivity contribution is -0.140. The molecule has 1 amide bonds. The fourth-order valence-electron chi connectivity index (χ4n) is 3.14. The number of amides is 1. The zero-order valence-corrected chi connectivity index (χ0v) is 16.2. The van der Waals surface area contributed by atoms with Crippen LogP contribution in [-0.4, -0.2) is 53.2 Å². The van der Waals surface area contributed by atoms with E-state index in [1.165, 1.54) is 0 Å². The summed E-state index contributed by atoms with van der Waals surface area (Å²) < 4.78 is 5.85. The molecule has 0 bridgehead atoms. The lowest BCUT2D eigenvalue weighted by Crippen LogP contribution is -2.57. The number of carbonyl (C=O) groups excluding carboxylic acids is 1. The first kappa shape index (κ1) is 20.5. The quantitative estimate of drug-likeness (QED) is 0.686. The van der Waals surface area contributed by atoms with Crippen molar-refractivity contribution in [3.63, 3.8) is 0 Å². The molecule has 2 rings (SSSR count). The van der Waals surface area contributed by atoms with Gasteiger partial charge in [-0.3, -0.25) is 14.5 Å². The Morgan fingerprint density at radius 1 is 1.38 bits per heavy atom. The molecule has 26 heavy (non-hydrogen) atoms. The van der Waals surface area contributed by atoms with Crippen LogP contribution >= 0.6 is 11.6 Å². The van der Waals surface area contributed by atoms with Gasteiger partial charge >= 0.3 is 5.97 Å². The van der Waals surface area contributed by atoms with Gasteiger partial charge in [-0.1, -0.05) is 38.4 Å². The van der Waals surface area contributed by atoms with Gasteiger partial charge in [0.05, 0.1) is 6.54 Å².